The number of amides is 2. The number of aliphatic hydroxyl groups is 1. The molecule has 3 aromatic rings. The molecule has 2 aromatic carbocycles. The minimum absolute atomic E-state index is 0.0326. The molecule has 200 valence electrons. The molecule has 39 heavy (non-hydrogen) atoms. The van der Waals surface area contributed by atoms with Crippen LogP contribution in [0.15, 0.2) is 54.7 Å². The third-order valence-corrected chi connectivity index (χ3v) is 8.22. The molecule has 11 heteroatoms. The number of nitrogens with zero attached hydrogens (tertiary/aromatic N) is 3. The number of aromatic nitrogens is 1. The maximum atomic E-state index is 13.9. The molecule has 1 N–H and O–H groups in total. The van der Waals surface area contributed by atoms with Gasteiger partial charge in [-0.25, -0.2) is 9.88 Å². The Morgan fingerprint density at radius 3 is 2.51 bits per heavy atom. The van der Waals surface area contributed by atoms with E-state index < -0.39 is 52.7 Å². The summed E-state index contributed by atoms with van der Waals surface area (Å²) >= 11 is 0. The molecular formula is C28H22F3N3O5. The summed E-state index contributed by atoms with van der Waals surface area (Å²) in [5.41, 5.74) is -2.66. The van der Waals surface area contributed by atoms with Crippen molar-refractivity contribution in [3.05, 3.63) is 65.9 Å². The van der Waals surface area contributed by atoms with Crippen molar-refractivity contribution in [3.63, 3.8) is 0 Å². The molecule has 8 nitrogen and oxygen atoms in total. The minimum atomic E-state index is -4.52. The Labute approximate surface area is 220 Å². The van der Waals surface area contributed by atoms with E-state index >= 15 is 0 Å². The number of carbonyl (C=O) groups is 2. The molecule has 3 saturated heterocycles. The number of carbonyl (C=O) groups excluding carboxylic acids is 2. The lowest BCUT2D eigenvalue weighted by atomic mass is 9.66. The first kappa shape index (κ1) is 25.3. The number of halogens is 3. The molecule has 2 amide bonds. The Balaban J connectivity index is 1.30. The van der Waals surface area contributed by atoms with Crippen LogP contribution in [0.5, 0.6) is 5.88 Å². The van der Waals surface area contributed by atoms with E-state index in [9.17, 15) is 33.1 Å². The smallest absolute Gasteiger partial charge is 0.417 e. The topological polar surface area (TPSA) is 113 Å². The molecular weight excluding hydrogens is 515 g/mol. The van der Waals surface area contributed by atoms with E-state index in [1.807, 2.05) is 0 Å². The predicted octanol–water partition coefficient (Wildman–Crippen LogP) is 3.99. The van der Waals surface area contributed by atoms with Crippen LogP contribution in [0.1, 0.15) is 30.9 Å². The first-order chi connectivity index (χ1) is 18.5. The number of nitriles is 1. The SMILES string of the molecule is C[C@]12O[C@](CCOc3ccc(C(F)(F)F)cn3)(C[C@@H]1O)[C@H]1C(=O)N(c3ccc(C#N)c4ccccc34)C(=O)[C@@H]12. The Morgan fingerprint density at radius 2 is 1.85 bits per heavy atom. The molecule has 1 aromatic heterocycles. The molecule has 0 aliphatic carbocycles. The Kier molecular flexibility index (Phi) is 5.51. The summed E-state index contributed by atoms with van der Waals surface area (Å²) < 4.78 is 50.3. The fourth-order valence-electron chi connectivity index (χ4n) is 6.40. The molecule has 4 heterocycles. The average molecular weight is 537 g/mol. The van der Waals surface area contributed by atoms with Crippen LogP contribution in [-0.4, -0.2) is 45.8 Å². The first-order valence-corrected chi connectivity index (χ1v) is 12.3. The van der Waals surface area contributed by atoms with Gasteiger partial charge in [-0.15, -0.1) is 0 Å². The molecule has 6 rings (SSSR count). The molecule has 0 radical (unpaired) electrons. The Bertz CT molecular complexity index is 1550. The predicted molar refractivity (Wildman–Crippen MR) is 130 cm³/mol. The van der Waals surface area contributed by atoms with Crippen molar-refractivity contribution in [2.24, 2.45) is 11.8 Å². The largest absolute Gasteiger partial charge is 0.478 e. The third kappa shape index (κ3) is 3.62. The highest BCUT2D eigenvalue weighted by molar-refractivity contribution is 6.26. The average Bonchev–Trinajstić information content (AvgIpc) is 3.44. The van der Waals surface area contributed by atoms with Gasteiger partial charge in [-0.1, -0.05) is 24.3 Å². The highest BCUT2D eigenvalue weighted by Crippen LogP contribution is 2.62. The third-order valence-electron chi connectivity index (χ3n) is 8.22. The molecule has 5 atom stereocenters. The number of hydrogen-bond donors (Lipinski definition) is 1. The number of hydrogen-bond acceptors (Lipinski definition) is 7. The van der Waals surface area contributed by atoms with Gasteiger partial charge < -0.3 is 14.6 Å². The van der Waals surface area contributed by atoms with Gasteiger partial charge in [0.2, 0.25) is 17.7 Å². The number of pyridine rings is 1. The van der Waals surface area contributed by atoms with Gasteiger partial charge in [0.25, 0.3) is 0 Å². The second-order valence-electron chi connectivity index (χ2n) is 10.3. The quantitative estimate of drug-likeness (QED) is 0.490. The van der Waals surface area contributed by atoms with Crippen LogP contribution in [0, 0.1) is 23.2 Å². The van der Waals surface area contributed by atoms with E-state index in [1.54, 1.807) is 43.3 Å². The van der Waals surface area contributed by atoms with Crippen LogP contribution in [0.3, 0.4) is 0 Å². The Morgan fingerprint density at radius 1 is 1.13 bits per heavy atom. The lowest BCUT2D eigenvalue weighted by Crippen LogP contribution is -2.49. The highest BCUT2D eigenvalue weighted by Gasteiger charge is 2.77. The van der Waals surface area contributed by atoms with Crippen molar-refractivity contribution in [1.82, 2.24) is 4.98 Å². The van der Waals surface area contributed by atoms with Crippen LogP contribution in [0.4, 0.5) is 18.9 Å². The van der Waals surface area contributed by atoms with Gasteiger partial charge in [-0.3, -0.25) is 9.59 Å². The maximum Gasteiger partial charge on any atom is 0.417 e. The van der Waals surface area contributed by atoms with Gasteiger partial charge in [0, 0.05) is 35.9 Å². The van der Waals surface area contributed by atoms with Crippen LogP contribution >= 0.6 is 0 Å². The molecule has 0 unspecified atom stereocenters. The Hall–Kier alpha value is -4.01. The van der Waals surface area contributed by atoms with E-state index in [0.29, 0.717) is 28.2 Å². The van der Waals surface area contributed by atoms with Gasteiger partial charge >= 0.3 is 6.18 Å². The van der Waals surface area contributed by atoms with Crippen LogP contribution < -0.4 is 9.64 Å². The summed E-state index contributed by atoms with van der Waals surface area (Å²) in [5, 5.41) is 21.6. The van der Waals surface area contributed by atoms with E-state index in [0.717, 1.165) is 17.0 Å². The molecule has 3 aliphatic rings. The maximum absolute atomic E-state index is 13.9. The van der Waals surface area contributed by atoms with Crippen LogP contribution in [0.25, 0.3) is 10.8 Å². The monoisotopic (exact) mass is 537 g/mol. The zero-order valence-electron chi connectivity index (χ0n) is 20.6. The highest BCUT2D eigenvalue weighted by atomic mass is 19.4. The molecule has 2 bridgehead atoms. The van der Waals surface area contributed by atoms with Crippen molar-refractivity contribution in [2.45, 2.75) is 43.2 Å². The molecule has 0 spiro atoms. The summed E-state index contributed by atoms with van der Waals surface area (Å²) in [6.07, 6.45) is -4.67. The number of alkyl halides is 3. The number of benzene rings is 2. The van der Waals surface area contributed by atoms with E-state index in [4.69, 9.17) is 9.47 Å². The van der Waals surface area contributed by atoms with Gasteiger partial charge in [-0.05, 0) is 25.1 Å². The van der Waals surface area contributed by atoms with Crippen molar-refractivity contribution in [2.75, 3.05) is 11.5 Å². The number of rotatable bonds is 5. The number of ether oxygens (including phenoxy) is 2. The lowest BCUT2D eigenvalue weighted by molar-refractivity contribution is -0.138. The number of anilines is 1. The fraction of sp³-hybridized carbons (Fsp3) is 0.357. The van der Waals surface area contributed by atoms with Crippen LogP contribution in [-0.2, 0) is 20.5 Å². The zero-order valence-corrected chi connectivity index (χ0v) is 20.6. The normalized spacial score (nSPS) is 29.6. The summed E-state index contributed by atoms with van der Waals surface area (Å²) in [6.45, 7) is 1.56. The standard InChI is InChI=1S/C28H22F3N3O5/c1-26-20(35)12-27(39-26,10-11-38-21-9-7-16(14-33-21)28(29,30)31)23-22(26)24(36)34(25(23)37)19-8-6-15(13-32)17-4-2-3-5-18(17)19/h2-9,14,20,22-23,35H,10-12H2,1H3/t20-,22+,23+,26-,27+/m0/s1. The van der Waals surface area contributed by atoms with Gasteiger partial charge in [0.05, 0.1) is 53.0 Å². The zero-order chi connectivity index (χ0) is 27.7. The number of aliphatic hydroxyl groups excluding tert-OH is 1. The van der Waals surface area contributed by atoms with E-state index in [-0.39, 0.29) is 25.3 Å². The summed E-state index contributed by atoms with van der Waals surface area (Å²) in [7, 11) is 0. The summed E-state index contributed by atoms with van der Waals surface area (Å²) in [5.74, 6) is -2.82. The van der Waals surface area contributed by atoms with Gasteiger partial charge in [0.1, 0.15) is 5.60 Å². The summed E-state index contributed by atoms with van der Waals surface area (Å²) in [4.78, 5) is 32.6. The second kappa shape index (κ2) is 8.49. The number of imide groups is 1. The van der Waals surface area contributed by atoms with Crippen molar-refractivity contribution in [1.29, 1.82) is 5.26 Å². The number of fused-ring (bicyclic) bond motifs is 6. The summed E-state index contributed by atoms with van der Waals surface area (Å²) in [6, 6.07) is 14.2. The molecule has 3 fully saturated rings. The van der Waals surface area contributed by atoms with Gasteiger partial charge in [-0.2, -0.15) is 18.4 Å². The molecule has 3 aliphatic heterocycles. The van der Waals surface area contributed by atoms with E-state index in [2.05, 4.69) is 11.1 Å². The van der Waals surface area contributed by atoms with E-state index in [1.165, 1.54) is 0 Å². The molecule has 0 saturated carbocycles. The first-order valence-electron chi connectivity index (χ1n) is 12.3. The fourth-order valence-corrected chi connectivity index (χ4v) is 6.40. The second-order valence-corrected chi connectivity index (χ2v) is 10.3. The minimum Gasteiger partial charge on any atom is -0.478 e. The van der Waals surface area contributed by atoms with Crippen molar-refractivity contribution >= 4 is 28.3 Å². The van der Waals surface area contributed by atoms with Crippen LogP contribution in [0.2, 0.25) is 0 Å². The van der Waals surface area contributed by atoms with Crippen molar-refractivity contribution < 1.29 is 37.3 Å². The van der Waals surface area contributed by atoms with Crippen molar-refractivity contribution in [3.8, 4) is 11.9 Å². The van der Waals surface area contributed by atoms with Gasteiger partial charge in [0.15, 0.2) is 0 Å². The lowest BCUT2D eigenvalue weighted by Gasteiger charge is -2.33.